The molecule has 1 saturated carbocycles. The third-order valence-corrected chi connectivity index (χ3v) is 3.60. The molecule has 3 atom stereocenters. The zero-order valence-corrected chi connectivity index (χ0v) is 11.4. The van der Waals surface area contributed by atoms with Gasteiger partial charge in [-0.3, -0.25) is 0 Å². The number of ether oxygens (including phenoxy) is 2. The Hall–Kier alpha value is -0.250. The Labute approximate surface area is 109 Å². The van der Waals surface area contributed by atoms with Gasteiger partial charge in [0.05, 0.1) is 5.38 Å². The standard InChI is InChI=1S/C12H14BrClO2/c1-2-15-12-10(14)7-11(12)16-9-5-3-8(13)4-6-9/h3-6,10-12H,2,7H2,1H3. The van der Waals surface area contributed by atoms with Crippen LogP contribution in [-0.4, -0.2) is 24.2 Å². The summed E-state index contributed by atoms with van der Waals surface area (Å²) >= 11 is 9.46. The highest BCUT2D eigenvalue weighted by molar-refractivity contribution is 9.10. The summed E-state index contributed by atoms with van der Waals surface area (Å²) in [5.41, 5.74) is 0. The summed E-state index contributed by atoms with van der Waals surface area (Å²) in [6.07, 6.45) is 0.960. The summed E-state index contributed by atoms with van der Waals surface area (Å²) in [4.78, 5) is 0. The second-order valence-electron chi connectivity index (χ2n) is 3.78. The molecule has 0 heterocycles. The van der Waals surface area contributed by atoms with Crippen LogP contribution in [0.5, 0.6) is 5.75 Å². The van der Waals surface area contributed by atoms with Crippen molar-refractivity contribution in [2.75, 3.05) is 6.61 Å². The van der Waals surface area contributed by atoms with Gasteiger partial charge in [-0.15, -0.1) is 11.6 Å². The summed E-state index contributed by atoms with van der Waals surface area (Å²) in [7, 11) is 0. The molecule has 0 aliphatic heterocycles. The summed E-state index contributed by atoms with van der Waals surface area (Å²) in [5, 5.41) is 0.0837. The van der Waals surface area contributed by atoms with Crippen LogP contribution in [0.3, 0.4) is 0 Å². The molecule has 2 rings (SSSR count). The van der Waals surface area contributed by atoms with Crippen molar-refractivity contribution in [3.05, 3.63) is 28.7 Å². The zero-order chi connectivity index (χ0) is 11.5. The molecule has 4 heteroatoms. The number of alkyl halides is 1. The monoisotopic (exact) mass is 304 g/mol. The van der Waals surface area contributed by atoms with Gasteiger partial charge in [0.25, 0.3) is 0 Å². The zero-order valence-electron chi connectivity index (χ0n) is 9.03. The molecule has 0 saturated heterocycles. The van der Waals surface area contributed by atoms with Gasteiger partial charge < -0.3 is 9.47 Å². The molecular weight excluding hydrogens is 291 g/mol. The van der Waals surface area contributed by atoms with Crippen LogP contribution >= 0.6 is 27.5 Å². The predicted molar refractivity (Wildman–Crippen MR) is 68.2 cm³/mol. The van der Waals surface area contributed by atoms with E-state index in [-0.39, 0.29) is 17.6 Å². The minimum Gasteiger partial charge on any atom is -0.488 e. The summed E-state index contributed by atoms with van der Waals surface area (Å²) in [5.74, 6) is 0.862. The van der Waals surface area contributed by atoms with E-state index in [0.29, 0.717) is 6.61 Å². The van der Waals surface area contributed by atoms with Crippen LogP contribution in [0.15, 0.2) is 28.7 Å². The van der Waals surface area contributed by atoms with Gasteiger partial charge in [0.2, 0.25) is 0 Å². The quantitative estimate of drug-likeness (QED) is 0.791. The maximum absolute atomic E-state index is 6.07. The van der Waals surface area contributed by atoms with Crippen molar-refractivity contribution >= 4 is 27.5 Å². The smallest absolute Gasteiger partial charge is 0.128 e. The lowest BCUT2D eigenvalue weighted by Crippen LogP contribution is -2.52. The van der Waals surface area contributed by atoms with E-state index in [0.717, 1.165) is 16.6 Å². The number of rotatable bonds is 4. The summed E-state index contributed by atoms with van der Waals surface area (Å²) in [6, 6.07) is 7.80. The third-order valence-electron chi connectivity index (χ3n) is 2.64. The molecular formula is C12H14BrClO2. The van der Waals surface area contributed by atoms with Gasteiger partial charge >= 0.3 is 0 Å². The van der Waals surface area contributed by atoms with Crippen LogP contribution in [0, 0.1) is 0 Å². The lowest BCUT2D eigenvalue weighted by Gasteiger charge is -2.40. The second kappa shape index (κ2) is 5.39. The highest BCUT2D eigenvalue weighted by Crippen LogP contribution is 2.33. The van der Waals surface area contributed by atoms with E-state index in [2.05, 4.69) is 15.9 Å². The fraction of sp³-hybridized carbons (Fsp3) is 0.500. The van der Waals surface area contributed by atoms with E-state index >= 15 is 0 Å². The predicted octanol–water partition coefficient (Wildman–Crippen LogP) is 3.61. The van der Waals surface area contributed by atoms with E-state index in [1.165, 1.54) is 0 Å². The molecule has 88 valence electrons. The molecule has 16 heavy (non-hydrogen) atoms. The Morgan fingerprint density at radius 1 is 1.38 bits per heavy atom. The van der Waals surface area contributed by atoms with Crippen LogP contribution in [0.4, 0.5) is 0 Å². The van der Waals surface area contributed by atoms with Crippen LogP contribution in [0.1, 0.15) is 13.3 Å². The van der Waals surface area contributed by atoms with Crippen LogP contribution in [-0.2, 0) is 4.74 Å². The molecule has 1 aliphatic carbocycles. The van der Waals surface area contributed by atoms with Crippen LogP contribution in [0.2, 0.25) is 0 Å². The Morgan fingerprint density at radius 3 is 2.62 bits per heavy atom. The molecule has 0 aromatic heterocycles. The van der Waals surface area contributed by atoms with Crippen LogP contribution < -0.4 is 4.74 Å². The van der Waals surface area contributed by atoms with Gasteiger partial charge in [-0.2, -0.15) is 0 Å². The molecule has 0 bridgehead atoms. The third kappa shape index (κ3) is 2.70. The first kappa shape index (κ1) is 12.2. The van der Waals surface area contributed by atoms with Gasteiger partial charge in [0.15, 0.2) is 0 Å². The fourth-order valence-electron chi connectivity index (χ4n) is 1.73. The van der Waals surface area contributed by atoms with Crippen molar-refractivity contribution in [1.82, 2.24) is 0 Å². The average molecular weight is 306 g/mol. The minimum atomic E-state index is 0.0234. The van der Waals surface area contributed by atoms with Gasteiger partial charge in [-0.25, -0.2) is 0 Å². The maximum atomic E-state index is 6.07. The highest BCUT2D eigenvalue weighted by atomic mass is 79.9. The van der Waals surface area contributed by atoms with Crippen molar-refractivity contribution in [3.63, 3.8) is 0 Å². The highest BCUT2D eigenvalue weighted by Gasteiger charge is 2.42. The van der Waals surface area contributed by atoms with Gasteiger partial charge in [-0.1, -0.05) is 15.9 Å². The van der Waals surface area contributed by atoms with E-state index in [1.807, 2.05) is 31.2 Å². The number of hydrogen-bond acceptors (Lipinski definition) is 2. The molecule has 1 aromatic rings. The Morgan fingerprint density at radius 2 is 2.06 bits per heavy atom. The van der Waals surface area contributed by atoms with E-state index in [1.54, 1.807) is 0 Å². The first-order valence-corrected chi connectivity index (χ1v) is 6.61. The van der Waals surface area contributed by atoms with Crippen molar-refractivity contribution < 1.29 is 9.47 Å². The van der Waals surface area contributed by atoms with Gasteiger partial charge in [0.1, 0.15) is 18.0 Å². The SMILES string of the molecule is CCOC1C(Cl)CC1Oc1ccc(Br)cc1. The first-order chi connectivity index (χ1) is 7.70. The molecule has 0 amide bonds. The molecule has 3 unspecified atom stereocenters. The number of hydrogen-bond donors (Lipinski definition) is 0. The largest absolute Gasteiger partial charge is 0.488 e. The van der Waals surface area contributed by atoms with Crippen molar-refractivity contribution in [3.8, 4) is 5.75 Å². The molecule has 0 radical (unpaired) electrons. The van der Waals surface area contributed by atoms with Crippen molar-refractivity contribution in [2.45, 2.75) is 30.9 Å². The average Bonchev–Trinajstić information content (AvgIpc) is 2.28. The molecule has 0 spiro atoms. The molecule has 1 aromatic carbocycles. The number of benzene rings is 1. The lowest BCUT2D eigenvalue weighted by molar-refractivity contribution is -0.0759. The topological polar surface area (TPSA) is 18.5 Å². The molecule has 1 aliphatic rings. The van der Waals surface area contributed by atoms with E-state index in [9.17, 15) is 0 Å². The number of halogens is 2. The van der Waals surface area contributed by atoms with E-state index in [4.69, 9.17) is 21.1 Å². The van der Waals surface area contributed by atoms with Gasteiger partial charge in [-0.05, 0) is 31.2 Å². The Balaban J connectivity index is 1.92. The van der Waals surface area contributed by atoms with Crippen molar-refractivity contribution in [2.24, 2.45) is 0 Å². The molecule has 2 nitrogen and oxygen atoms in total. The van der Waals surface area contributed by atoms with E-state index < -0.39 is 0 Å². The van der Waals surface area contributed by atoms with Crippen LogP contribution in [0.25, 0.3) is 0 Å². The first-order valence-electron chi connectivity index (χ1n) is 5.38. The molecule has 0 N–H and O–H groups in total. The van der Waals surface area contributed by atoms with Crippen molar-refractivity contribution in [1.29, 1.82) is 0 Å². The lowest BCUT2D eigenvalue weighted by atomic mass is 9.91. The summed E-state index contributed by atoms with van der Waals surface area (Å²) in [6.45, 7) is 2.65. The fourth-order valence-corrected chi connectivity index (χ4v) is 2.41. The second-order valence-corrected chi connectivity index (χ2v) is 5.26. The minimum absolute atomic E-state index is 0.0234. The Kier molecular flexibility index (Phi) is 4.11. The maximum Gasteiger partial charge on any atom is 0.128 e. The van der Waals surface area contributed by atoms with Gasteiger partial charge in [0, 0.05) is 17.5 Å². The Bertz CT molecular complexity index is 341. The normalized spacial score (nSPS) is 28.6. The summed E-state index contributed by atoms with van der Waals surface area (Å²) < 4.78 is 12.4. The molecule has 1 fully saturated rings.